The molecule has 40 heavy (non-hydrogen) atoms. The van der Waals surface area contributed by atoms with Crippen molar-refractivity contribution in [3.05, 3.63) is 107 Å². The van der Waals surface area contributed by atoms with Crippen molar-refractivity contribution in [1.82, 2.24) is 19.7 Å². The van der Waals surface area contributed by atoms with Crippen molar-refractivity contribution in [2.24, 2.45) is 0 Å². The number of pyridine rings is 1. The zero-order chi connectivity index (χ0) is 27.7. The van der Waals surface area contributed by atoms with Gasteiger partial charge in [0, 0.05) is 34.7 Å². The van der Waals surface area contributed by atoms with Crippen LogP contribution in [0.3, 0.4) is 0 Å². The molecular formula is C30H27N5O3S2. The van der Waals surface area contributed by atoms with Crippen molar-refractivity contribution in [2.75, 3.05) is 16.8 Å². The Morgan fingerprint density at radius 1 is 1.07 bits per heavy atom. The van der Waals surface area contributed by atoms with Crippen molar-refractivity contribution in [1.29, 1.82) is 0 Å². The Bertz CT molecular complexity index is 1780. The molecule has 5 aromatic rings. The fourth-order valence-corrected chi connectivity index (χ4v) is 7.46. The molecule has 4 heterocycles. The number of anilines is 1. The number of sulfone groups is 1. The standard InChI is InChI=1S/C30H27N5O3S2/c1-20-18-39-30(32-20)33-29(36)23-11-7-8-21(16-23)17-25-27(26-12-5-6-14-31-26)34-35(24-13-15-40(37,38)19-24)28(25)22-9-3-2-4-10-22/h2-12,14,16,18,24H,13,15,17,19H2,1H3,(H,32,33,36). The van der Waals surface area contributed by atoms with E-state index in [-0.39, 0.29) is 23.5 Å². The monoisotopic (exact) mass is 569 g/mol. The van der Waals surface area contributed by atoms with E-state index in [4.69, 9.17) is 5.10 Å². The summed E-state index contributed by atoms with van der Waals surface area (Å²) in [5.74, 6) is -0.0200. The minimum Gasteiger partial charge on any atom is -0.298 e. The van der Waals surface area contributed by atoms with Crippen molar-refractivity contribution in [3.63, 3.8) is 0 Å². The number of aromatic nitrogens is 4. The Labute approximate surface area is 236 Å². The van der Waals surface area contributed by atoms with Gasteiger partial charge >= 0.3 is 0 Å². The van der Waals surface area contributed by atoms with Gasteiger partial charge in [-0.25, -0.2) is 13.4 Å². The Morgan fingerprint density at radius 2 is 1.90 bits per heavy atom. The van der Waals surface area contributed by atoms with Gasteiger partial charge in [0.25, 0.3) is 5.91 Å². The van der Waals surface area contributed by atoms with Crippen LogP contribution in [0.25, 0.3) is 22.6 Å². The smallest absolute Gasteiger partial charge is 0.257 e. The van der Waals surface area contributed by atoms with Gasteiger partial charge < -0.3 is 0 Å². The molecule has 0 bridgehead atoms. The van der Waals surface area contributed by atoms with Gasteiger partial charge in [-0.1, -0.05) is 48.5 Å². The Balaban J connectivity index is 1.45. The highest BCUT2D eigenvalue weighted by atomic mass is 32.2. The topological polar surface area (TPSA) is 107 Å². The molecule has 6 rings (SSSR count). The van der Waals surface area contributed by atoms with Crippen LogP contribution in [0.2, 0.25) is 0 Å². The van der Waals surface area contributed by atoms with E-state index in [1.165, 1.54) is 11.3 Å². The van der Waals surface area contributed by atoms with Gasteiger partial charge in [-0.3, -0.25) is 19.8 Å². The number of benzene rings is 2. The van der Waals surface area contributed by atoms with Crippen LogP contribution in [0, 0.1) is 6.92 Å². The third-order valence-electron chi connectivity index (χ3n) is 6.93. The van der Waals surface area contributed by atoms with Crippen LogP contribution in [0.1, 0.15) is 39.6 Å². The first-order valence-electron chi connectivity index (χ1n) is 13.0. The summed E-state index contributed by atoms with van der Waals surface area (Å²) in [5.41, 5.74) is 6.48. The minimum absolute atomic E-state index is 0.0570. The Kier molecular flexibility index (Phi) is 7.03. The molecule has 202 valence electrons. The van der Waals surface area contributed by atoms with E-state index < -0.39 is 9.84 Å². The van der Waals surface area contributed by atoms with Crippen molar-refractivity contribution < 1.29 is 13.2 Å². The average Bonchev–Trinajstić information content (AvgIpc) is 3.66. The quantitative estimate of drug-likeness (QED) is 0.274. The minimum atomic E-state index is -3.13. The predicted molar refractivity (Wildman–Crippen MR) is 157 cm³/mol. The predicted octanol–water partition coefficient (Wildman–Crippen LogP) is 5.58. The van der Waals surface area contributed by atoms with E-state index in [1.54, 1.807) is 12.3 Å². The second kappa shape index (κ2) is 10.8. The lowest BCUT2D eigenvalue weighted by Crippen LogP contribution is -2.14. The Morgan fingerprint density at radius 3 is 2.60 bits per heavy atom. The number of amides is 1. The third kappa shape index (κ3) is 5.45. The van der Waals surface area contributed by atoms with Crippen LogP contribution in [-0.2, 0) is 16.3 Å². The Hall–Kier alpha value is -4.15. The lowest BCUT2D eigenvalue weighted by atomic mass is 9.96. The van der Waals surface area contributed by atoms with E-state index in [2.05, 4.69) is 15.3 Å². The van der Waals surface area contributed by atoms with E-state index >= 15 is 0 Å². The molecular weight excluding hydrogens is 542 g/mol. The number of hydrogen-bond acceptors (Lipinski definition) is 7. The van der Waals surface area contributed by atoms with Crippen LogP contribution < -0.4 is 5.32 Å². The van der Waals surface area contributed by atoms with Crippen molar-refractivity contribution in [3.8, 4) is 22.6 Å². The highest BCUT2D eigenvalue weighted by Crippen LogP contribution is 2.37. The van der Waals surface area contributed by atoms with E-state index in [0.717, 1.165) is 28.1 Å². The SMILES string of the molecule is Cc1csc(NC(=O)c2cccc(Cc3c(-c4ccccn4)nn(C4CCS(=O)(=O)C4)c3-c3ccccc3)c2)n1. The first-order valence-corrected chi connectivity index (χ1v) is 15.7. The molecule has 8 nitrogen and oxygen atoms in total. The van der Waals surface area contributed by atoms with Gasteiger partial charge in [-0.05, 0) is 43.2 Å². The molecule has 1 saturated heterocycles. The lowest BCUT2D eigenvalue weighted by Gasteiger charge is -2.15. The lowest BCUT2D eigenvalue weighted by molar-refractivity contribution is 0.102. The second-order valence-corrected chi connectivity index (χ2v) is 13.0. The average molecular weight is 570 g/mol. The summed E-state index contributed by atoms with van der Waals surface area (Å²) in [5, 5.41) is 10.4. The fourth-order valence-electron chi connectivity index (χ4n) is 5.09. The molecule has 2 aromatic carbocycles. The van der Waals surface area contributed by atoms with Gasteiger partial charge in [0.2, 0.25) is 0 Å². The van der Waals surface area contributed by atoms with Gasteiger partial charge in [0.15, 0.2) is 15.0 Å². The van der Waals surface area contributed by atoms with Crippen molar-refractivity contribution >= 4 is 32.2 Å². The summed E-state index contributed by atoms with van der Waals surface area (Å²) in [6, 6.07) is 22.8. The summed E-state index contributed by atoms with van der Waals surface area (Å²) in [4.78, 5) is 21.9. The number of carbonyl (C=O) groups excluding carboxylic acids is 1. The molecule has 1 atom stereocenters. The highest BCUT2D eigenvalue weighted by molar-refractivity contribution is 7.91. The van der Waals surface area contributed by atoms with E-state index in [0.29, 0.717) is 34.9 Å². The summed E-state index contributed by atoms with van der Waals surface area (Å²) in [7, 11) is -3.13. The zero-order valence-corrected chi connectivity index (χ0v) is 23.5. The number of rotatable bonds is 7. The van der Waals surface area contributed by atoms with Gasteiger partial charge in [-0.2, -0.15) is 5.10 Å². The fraction of sp³-hybridized carbons (Fsp3) is 0.200. The van der Waals surface area contributed by atoms with Crippen LogP contribution in [0.4, 0.5) is 5.13 Å². The maximum absolute atomic E-state index is 13.0. The van der Waals surface area contributed by atoms with Crippen LogP contribution in [0.15, 0.2) is 84.4 Å². The summed E-state index contributed by atoms with van der Waals surface area (Å²) >= 11 is 1.39. The molecule has 1 N–H and O–H groups in total. The van der Waals surface area contributed by atoms with Gasteiger partial charge in [0.1, 0.15) is 5.69 Å². The second-order valence-electron chi connectivity index (χ2n) is 9.88. The van der Waals surface area contributed by atoms with E-state index in [9.17, 15) is 13.2 Å². The summed E-state index contributed by atoms with van der Waals surface area (Å²) in [6.45, 7) is 1.89. The molecule has 1 aliphatic rings. The highest BCUT2D eigenvalue weighted by Gasteiger charge is 2.33. The molecule has 1 aliphatic heterocycles. The van der Waals surface area contributed by atoms with E-state index in [1.807, 2.05) is 83.7 Å². The molecule has 10 heteroatoms. The molecule has 1 amide bonds. The van der Waals surface area contributed by atoms with Crippen LogP contribution in [-0.4, -0.2) is 45.6 Å². The number of aryl methyl sites for hydroxylation is 1. The number of hydrogen-bond donors (Lipinski definition) is 1. The number of nitrogens with zero attached hydrogens (tertiary/aromatic N) is 4. The maximum Gasteiger partial charge on any atom is 0.257 e. The first-order chi connectivity index (χ1) is 19.4. The first kappa shape index (κ1) is 26.1. The van der Waals surface area contributed by atoms with Gasteiger partial charge in [0.05, 0.1) is 34.6 Å². The van der Waals surface area contributed by atoms with Crippen LogP contribution in [0.5, 0.6) is 0 Å². The van der Waals surface area contributed by atoms with Gasteiger partial charge in [-0.15, -0.1) is 11.3 Å². The van der Waals surface area contributed by atoms with Crippen LogP contribution >= 0.6 is 11.3 Å². The summed E-state index contributed by atoms with van der Waals surface area (Å²) in [6.07, 6.45) is 2.72. The number of carbonyl (C=O) groups is 1. The number of nitrogens with one attached hydrogen (secondary N) is 1. The number of thiazole rings is 1. The molecule has 0 saturated carbocycles. The molecule has 0 radical (unpaired) electrons. The summed E-state index contributed by atoms with van der Waals surface area (Å²) < 4.78 is 26.8. The molecule has 1 fully saturated rings. The molecule has 1 unspecified atom stereocenters. The molecule has 3 aromatic heterocycles. The molecule has 0 spiro atoms. The third-order valence-corrected chi connectivity index (χ3v) is 9.55. The van der Waals surface area contributed by atoms with Crippen molar-refractivity contribution in [2.45, 2.75) is 25.8 Å². The maximum atomic E-state index is 13.0. The normalized spacial score (nSPS) is 16.2. The molecule has 0 aliphatic carbocycles. The zero-order valence-electron chi connectivity index (χ0n) is 21.8. The largest absolute Gasteiger partial charge is 0.298 e.